The number of hydrogen-bond donors (Lipinski definition) is 2. The van der Waals surface area contributed by atoms with Gasteiger partial charge in [-0.25, -0.2) is 4.79 Å². The molecule has 8 nitrogen and oxygen atoms in total. The molecule has 1 aliphatic heterocycles. The van der Waals surface area contributed by atoms with Crippen LogP contribution in [-0.4, -0.2) is 64.6 Å². The van der Waals surface area contributed by atoms with E-state index >= 15 is 0 Å². The number of rotatable bonds is 3. The molecule has 2 unspecified atom stereocenters. The van der Waals surface area contributed by atoms with E-state index in [0.29, 0.717) is 24.2 Å². The second-order valence-corrected chi connectivity index (χ2v) is 12.4. The van der Waals surface area contributed by atoms with Crippen LogP contribution >= 0.6 is 0 Å². The first kappa shape index (κ1) is 27.0. The largest absolute Gasteiger partial charge is 0.455 e. The van der Waals surface area contributed by atoms with Gasteiger partial charge in [-0.05, 0) is 37.0 Å². The van der Waals surface area contributed by atoms with Gasteiger partial charge in [-0.15, -0.1) is 0 Å². The van der Waals surface area contributed by atoms with Crippen molar-refractivity contribution in [1.29, 1.82) is 0 Å². The minimum Gasteiger partial charge on any atom is -0.455 e. The number of fused-ring (bicyclic) bond motifs is 5. The van der Waals surface area contributed by atoms with Gasteiger partial charge in [0.15, 0.2) is 6.10 Å². The molecule has 206 valence electrons. The van der Waals surface area contributed by atoms with Gasteiger partial charge in [0.1, 0.15) is 11.7 Å². The maximum absolute atomic E-state index is 14.4. The van der Waals surface area contributed by atoms with E-state index in [1.807, 2.05) is 13.8 Å². The molecule has 2 bridgehead atoms. The second-order valence-electron chi connectivity index (χ2n) is 12.4. The first-order valence-electron chi connectivity index (χ1n) is 13.5. The third-order valence-electron chi connectivity index (χ3n) is 10.3. The fraction of sp³-hybridized carbons (Fsp3) is 0.633. The Hall–Kier alpha value is -2.55. The Morgan fingerprint density at radius 2 is 1.76 bits per heavy atom. The molecule has 8 heteroatoms. The van der Waals surface area contributed by atoms with Crippen LogP contribution in [0.2, 0.25) is 0 Å². The molecule has 1 aromatic rings. The van der Waals surface area contributed by atoms with Crippen LogP contribution in [0.25, 0.3) is 0 Å². The summed E-state index contributed by atoms with van der Waals surface area (Å²) in [6.07, 6.45) is -3.03. The van der Waals surface area contributed by atoms with E-state index in [0.717, 1.165) is 0 Å². The van der Waals surface area contributed by atoms with E-state index in [1.54, 1.807) is 51.1 Å². The Morgan fingerprint density at radius 1 is 1.11 bits per heavy atom. The number of ketones is 1. The van der Waals surface area contributed by atoms with Crippen molar-refractivity contribution in [2.45, 2.75) is 84.4 Å². The number of carbonyl (C=O) groups excluding carboxylic acids is 3. The van der Waals surface area contributed by atoms with Gasteiger partial charge in [0.05, 0.1) is 24.4 Å². The Balaban J connectivity index is 1.78. The highest BCUT2D eigenvalue weighted by atomic mass is 16.6. The zero-order valence-corrected chi connectivity index (χ0v) is 22.9. The van der Waals surface area contributed by atoms with E-state index in [9.17, 15) is 24.6 Å². The molecule has 0 amide bonds. The number of aliphatic hydroxyl groups is 2. The predicted octanol–water partition coefficient (Wildman–Crippen LogP) is 3.24. The molecule has 9 atom stereocenters. The maximum atomic E-state index is 14.4. The number of hydrogen-bond acceptors (Lipinski definition) is 8. The summed E-state index contributed by atoms with van der Waals surface area (Å²) in [5, 5.41) is 23.8. The van der Waals surface area contributed by atoms with E-state index in [1.165, 1.54) is 6.92 Å². The third kappa shape index (κ3) is 3.63. The molecular formula is C30H38O8. The van der Waals surface area contributed by atoms with Crippen molar-refractivity contribution in [1.82, 2.24) is 0 Å². The molecule has 4 aliphatic rings. The standard InChI is InChI=1S/C30H38O8/c1-15-12-21-19(14-36-21)23-25(38-27(34)18-10-8-7-9-11-18)30(35)13-20(32)16(2)22(28(30,4)5)24(33)26(29(15,23)6)37-17(3)31/h7-11,15,19-21,23,25-26,32,35H,12-14H2,1-6H3/t15-,19+,20-,21+,23?,25?,26+,29+,30+/m0/s1. The Kier molecular flexibility index (Phi) is 6.40. The zero-order chi connectivity index (χ0) is 27.8. The summed E-state index contributed by atoms with van der Waals surface area (Å²) in [6.45, 7) is 10.7. The number of aliphatic hydroxyl groups excluding tert-OH is 1. The molecule has 0 radical (unpaired) electrons. The Morgan fingerprint density at radius 3 is 2.34 bits per heavy atom. The van der Waals surface area contributed by atoms with Gasteiger partial charge in [0.25, 0.3) is 0 Å². The fourth-order valence-corrected chi connectivity index (χ4v) is 7.84. The fourth-order valence-electron chi connectivity index (χ4n) is 7.84. The number of esters is 2. The molecule has 0 spiro atoms. The molecule has 0 aromatic heterocycles. The van der Waals surface area contributed by atoms with Crippen molar-refractivity contribution in [3.63, 3.8) is 0 Å². The number of Topliss-reactive ketones (excluding diaryl/α,β-unsaturated/α-hetero) is 1. The quantitative estimate of drug-likeness (QED) is 0.576. The lowest BCUT2D eigenvalue weighted by Crippen LogP contribution is -2.74. The van der Waals surface area contributed by atoms with Crippen molar-refractivity contribution in [2.24, 2.45) is 28.6 Å². The first-order chi connectivity index (χ1) is 17.7. The predicted molar refractivity (Wildman–Crippen MR) is 137 cm³/mol. The van der Waals surface area contributed by atoms with Crippen LogP contribution in [0.3, 0.4) is 0 Å². The van der Waals surface area contributed by atoms with E-state index in [2.05, 4.69) is 0 Å². The molecular weight excluding hydrogens is 488 g/mol. The molecule has 1 heterocycles. The number of carbonyl (C=O) groups is 3. The van der Waals surface area contributed by atoms with Gasteiger partial charge in [0.2, 0.25) is 5.78 Å². The summed E-state index contributed by atoms with van der Waals surface area (Å²) in [4.78, 5) is 40.4. The molecule has 2 N–H and O–H groups in total. The van der Waals surface area contributed by atoms with Crippen molar-refractivity contribution < 1.29 is 38.8 Å². The van der Waals surface area contributed by atoms with Crippen LogP contribution in [0.15, 0.2) is 41.5 Å². The van der Waals surface area contributed by atoms with Crippen LogP contribution in [0.5, 0.6) is 0 Å². The van der Waals surface area contributed by atoms with Gasteiger partial charge in [-0.2, -0.15) is 0 Å². The summed E-state index contributed by atoms with van der Waals surface area (Å²) >= 11 is 0. The van der Waals surface area contributed by atoms with Crippen LogP contribution in [0.4, 0.5) is 0 Å². The highest BCUT2D eigenvalue weighted by Gasteiger charge is 2.72. The van der Waals surface area contributed by atoms with E-state index < -0.39 is 58.4 Å². The average Bonchev–Trinajstić information content (AvgIpc) is 2.84. The van der Waals surface area contributed by atoms with Crippen molar-refractivity contribution in [3.05, 3.63) is 47.0 Å². The number of benzene rings is 1. The summed E-state index contributed by atoms with van der Waals surface area (Å²) in [7, 11) is 0. The monoisotopic (exact) mass is 526 g/mol. The average molecular weight is 527 g/mol. The Labute approximate surface area is 223 Å². The SMILES string of the molecule is CC(=O)O[C@@H]1C(=O)C2=C(C)[C@@H](O)C[C@@](O)(C(OC(=O)c3ccccc3)C3[C@@H]4CO[C@@H]4C[C@H](C)[C@]31C)C2(C)C. The third-order valence-corrected chi connectivity index (χ3v) is 10.3. The van der Waals surface area contributed by atoms with Gasteiger partial charge in [-0.3, -0.25) is 9.59 Å². The molecule has 2 saturated carbocycles. The first-order valence-corrected chi connectivity index (χ1v) is 13.5. The highest BCUT2D eigenvalue weighted by Crippen LogP contribution is 2.64. The minimum atomic E-state index is -1.79. The summed E-state index contributed by atoms with van der Waals surface area (Å²) < 4.78 is 18.1. The van der Waals surface area contributed by atoms with Gasteiger partial charge in [0, 0.05) is 41.6 Å². The highest BCUT2D eigenvalue weighted by molar-refractivity contribution is 6.03. The van der Waals surface area contributed by atoms with E-state index in [4.69, 9.17) is 14.2 Å². The molecule has 5 rings (SSSR count). The lowest BCUT2D eigenvalue weighted by atomic mass is 9.44. The van der Waals surface area contributed by atoms with Crippen LogP contribution in [0, 0.1) is 28.6 Å². The van der Waals surface area contributed by atoms with Crippen molar-refractivity contribution in [3.8, 4) is 0 Å². The van der Waals surface area contributed by atoms with Gasteiger partial charge >= 0.3 is 11.9 Å². The molecule has 38 heavy (non-hydrogen) atoms. The van der Waals surface area contributed by atoms with Crippen LogP contribution in [0.1, 0.15) is 64.7 Å². The van der Waals surface area contributed by atoms with Crippen molar-refractivity contribution in [2.75, 3.05) is 6.61 Å². The lowest BCUT2D eigenvalue weighted by Gasteiger charge is -2.65. The van der Waals surface area contributed by atoms with Crippen LogP contribution < -0.4 is 0 Å². The molecule has 1 saturated heterocycles. The van der Waals surface area contributed by atoms with Gasteiger partial charge < -0.3 is 24.4 Å². The molecule has 3 fully saturated rings. The van der Waals surface area contributed by atoms with Crippen LogP contribution in [-0.2, 0) is 23.8 Å². The second kappa shape index (κ2) is 9.00. The lowest BCUT2D eigenvalue weighted by molar-refractivity contribution is -0.283. The smallest absolute Gasteiger partial charge is 0.338 e. The maximum Gasteiger partial charge on any atom is 0.338 e. The van der Waals surface area contributed by atoms with Crippen molar-refractivity contribution >= 4 is 17.7 Å². The normalized spacial score (nSPS) is 41.6. The summed E-state index contributed by atoms with van der Waals surface area (Å²) in [6, 6.07) is 8.57. The summed E-state index contributed by atoms with van der Waals surface area (Å²) in [5.41, 5.74) is -3.00. The van der Waals surface area contributed by atoms with E-state index in [-0.39, 0.29) is 29.9 Å². The number of ether oxygens (including phenoxy) is 3. The summed E-state index contributed by atoms with van der Waals surface area (Å²) in [5.74, 6) is -2.50. The minimum absolute atomic E-state index is 0.104. The van der Waals surface area contributed by atoms with Gasteiger partial charge in [-0.1, -0.05) is 45.9 Å². The zero-order valence-electron chi connectivity index (χ0n) is 22.9. The molecule has 1 aromatic carbocycles. The topological polar surface area (TPSA) is 119 Å². The molecule has 3 aliphatic carbocycles. The Bertz CT molecular complexity index is 1190.